The zero-order valence-electron chi connectivity index (χ0n) is 9.36. The fraction of sp³-hybridized carbons (Fsp3) is 0. The molecule has 96 valence electrons. The topological polar surface area (TPSA) is 197 Å². The van der Waals surface area contributed by atoms with Gasteiger partial charge in [-0.25, -0.2) is 0 Å². The van der Waals surface area contributed by atoms with E-state index >= 15 is 0 Å². The number of rotatable bonds is 0. The third-order valence-electron chi connectivity index (χ3n) is 2.93. The number of hydrogen-bond acceptors (Lipinski definition) is 8. The molecule has 0 atom stereocenters. The van der Waals surface area contributed by atoms with E-state index in [0.717, 1.165) is 0 Å². The maximum Gasteiger partial charge on any atom is 0.183 e. The van der Waals surface area contributed by atoms with E-state index in [1.54, 1.807) is 0 Å². The second kappa shape index (κ2) is 3.29. The van der Waals surface area contributed by atoms with Crippen molar-refractivity contribution in [1.29, 1.82) is 0 Å². The lowest BCUT2D eigenvalue weighted by Crippen LogP contribution is -2.07. The van der Waals surface area contributed by atoms with E-state index in [1.807, 2.05) is 0 Å². The lowest BCUT2D eigenvalue weighted by molar-refractivity contribution is 0.410. The molecule has 8 nitrogen and oxygen atoms in total. The van der Waals surface area contributed by atoms with Crippen LogP contribution in [-0.4, -0.2) is 10.2 Å². The smallest absolute Gasteiger partial charge is 0.183 e. The Bertz CT molecular complexity index is 569. The Hall–Kier alpha value is -2.90. The molecule has 0 aromatic heterocycles. The molecule has 0 bridgehead atoms. The normalized spacial score (nSPS) is 10.9. The summed E-state index contributed by atoms with van der Waals surface area (Å²) in [5.41, 5.74) is 34.1. The predicted molar refractivity (Wildman–Crippen MR) is 73.8 cm³/mol. The largest absolute Gasteiger partial charge is 0.504 e. The van der Waals surface area contributed by atoms with Gasteiger partial charge in [0, 0.05) is 5.39 Å². The minimum absolute atomic E-state index is 0.0128. The average Bonchev–Trinajstić information content (AvgIpc) is 2.35. The van der Waals surface area contributed by atoms with Gasteiger partial charge < -0.3 is 44.6 Å². The van der Waals surface area contributed by atoms with E-state index in [0.29, 0.717) is 0 Å². The highest BCUT2D eigenvalue weighted by Crippen LogP contribution is 2.51. The zero-order chi connectivity index (χ0) is 13.8. The van der Waals surface area contributed by atoms with Crippen LogP contribution in [0.15, 0.2) is 0 Å². The molecule has 0 aliphatic carbocycles. The minimum atomic E-state index is -0.574. The molecule has 0 spiro atoms. The van der Waals surface area contributed by atoms with Crippen molar-refractivity contribution in [3.8, 4) is 11.5 Å². The van der Waals surface area contributed by atoms with Gasteiger partial charge in [0.05, 0.1) is 33.8 Å². The number of nitrogen functional groups attached to an aromatic ring is 6. The molecule has 2 rings (SSSR count). The summed E-state index contributed by atoms with van der Waals surface area (Å²) in [5, 5.41) is 19.7. The van der Waals surface area contributed by atoms with Gasteiger partial charge in [-0.15, -0.1) is 0 Å². The van der Waals surface area contributed by atoms with E-state index < -0.39 is 11.5 Å². The molecular weight excluding hydrogens is 236 g/mol. The Kier molecular flexibility index (Phi) is 2.12. The molecule has 0 aliphatic rings. The summed E-state index contributed by atoms with van der Waals surface area (Å²) in [6.45, 7) is 0. The summed E-state index contributed by atoms with van der Waals surface area (Å²) in [4.78, 5) is 0. The summed E-state index contributed by atoms with van der Waals surface area (Å²) in [6, 6.07) is 0. The summed E-state index contributed by atoms with van der Waals surface area (Å²) < 4.78 is 0. The predicted octanol–water partition coefficient (Wildman–Crippen LogP) is -0.256. The number of anilines is 6. The molecule has 14 N–H and O–H groups in total. The molecule has 8 heteroatoms. The fourth-order valence-corrected chi connectivity index (χ4v) is 1.86. The van der Waals surface area contributed by atoms with Crippen molar-refractivity contribution in [2.75, 3.05) is 34.4 Å². The number of benzene rings is 2. The maximum absolute atomic E-state index is 9.87. The van der Waals surface area contributed by atoms with Crippen LogP contribution >= 0.6 is 0 Å². The van der Waals surface area contributed by atoms with E-state index in [2.05, 4.69) is 0 Å². The number of nitrogens with two attached hydrogens (primary N) is 6. The highest BCUT2D eigenvalue weighted by Gasteiger charge is 2.22. The molecule has 0 heterocycles. The van der Waals surface area contributed by atoms with Crippen molar-refractivity contribution in [1.82, 2.24) is 0 Å². The first-order chi connectivity index (χ1) is 8.29. The molecule has 0 amide bonds. The molecular formula is C10H14N6O2. The molecule has 0 unspecified atom stereocenters. The van der Waals surface area contributed by atoms with Crippen LogP contribution in [0.2, 0.25) is 0 Å². The van der Waals surface area contributed by atoms with Crippen LogP contribution in [0.25, 0.3) is 10.8 Å². The van der Waals surface area contributed by atoms with Crippen LogP contribution in [0.3, 0.4) is 0 Å². The molecule has 0 radical (unpaired) electrons. The van der Waals surface area contributed by atoms with Gasteiger partial charge in [-0.1, -0.05) is 0 Å². The van der Waals surface area contributed by atoms with Gasteiger partial charge in [-0.2, -0.15) is 0 Å². The number of phenols is 2. The summed E-state index contributed by atoms with van der Waals surface area (Å²) in [5.74, 6) is -1.11. The Morgan fingerprint density at radius 3 is 1.33 bits per heavy atom. The van der Waals surface area contributed by atoms with Gasteiger partial charge in [-0.05, 0) is 0 Å². The summed E-state index contributed by atoms with van der Waals surface area (Å²) in [7, 11) is 0. The van der Waals surface area contributed by atoms with Crippen LogP contribution in [0.1, 0.15) is 0 Å². The van der Waals surface area contributed by atoms with E-state index in [9.17, 15) is 10.2 Å². The average molecular weight is 250 g/mol. The van der Waals surface area contributed by atoms with Crippen LogP contribution in [0, 0.1) is 0 Å². The minimum Gasteiger partial charge on any atom is -0.504 e. The lowest BCUT2D eigenvalue weighted by Gasteiger charge is -2.17. The molecule has 0 fully saturated rings. The van der Waals surface area contributed by atoms with Gasteiger partial charge >= 0.3 is 0 Å². The van der Waals surface area contributed by atoms with Gasteiger partial charge in [0.15, 0.2) is 11.5 Å². The Morgan fingerprint density at radius 1 is 0.444 bits per heavy atom. The van der Waals surface area contributed by atoms with Crippen LogP contribution in [-0.2, 0) is 0 Å². The second-order valence-corrected chi connectivity index (χ2v) is 3.93. The SMILES string of the molecule is Nc1c(N)c(N)c2c(O)c(O)c(N)c(N)c2c1N. The third-order valence-corrected chi connectivity index (χ3v) is 2.93. The molecule has 2 aromatic rings. The first kappa shape index (κ1) is 11.6. The summed E-state index contributed by atoms with van der Waals surface area (Å²) >= 11 is 0. The second-order valence-electron chi connectivity index (χ2n) is 3.93. The zero-order valence-corrected chi connectivity index (χ0v) is 9.36. The van der Waals surface area contributed by atoms with Crippen LogP contribution in [0.5, 0.6) is 11.5 Å². The fourth-order valence-electron chi connectivity index (χ4n) is 1.86. The van der Waals surface area contributed by atoms with Crippen molar-refractivity contribution >= 4 is 44.9 Å². The first-order valence-corrected chi connectivity index (χ1v) is 4.93. The van der Waals surface area contributed by atoms with Gasteiger partial charge in [0.1, 0.15) is 5.69 Å². The number of phenolic OH excluding ortho intramolecular Hbond substituents is 2. The van der Waals surface area contributed by atoms with Gasteiger partial charge in [0.25, 0.3) is 0 Å². The van der Waals surface area contributed by atoms with Gasteiger partial charge in [0.2, 0.25) is 0 Å². The molecule has 0 saturated carbocycles. The highest BCUT2D eigenvalue weighted by molar-refractivity contribution is 6.21. The van der Waals surface area contributed by atoms with Crippen LogP contribution in [0.4, 0.5) is 34.1 Å². The Labute approximate surface area is 102 Å². The highest BCUT2D eigenvalue weighted by atomic mass is 16.3. The number of hydrogen-bond donors (Lipinski definition) is 8. The number of aromatic hydroxyl groups is 2. The monoisotopic (exact) mass is 250 g/mol. The quantitative estimate of drug-likeness (QED) is 0.178. The van der Waals surface area contributed by atoms with Crippen molar-refractivity contribution in [3.05, 3.63) is 0 Å². The molecule has 2 aromatic carbocycles. The third kappa shape index (κ3) is 1.14. The van der Waals surface area contributed by atoms with Gasteiger partial charge in [-0.3, -0.25) is 0 Å². The van der Waals surface area contributed by atoms with Crippen molar-refractivity contribution in [2.24, 2.45) is 0 Å². The Morgan fingerprint density at radius 2 is 0.833 bits per heavy atom. The van der Waals surface area contributed by atoms with Crippen LogP contribution < -0.4 is 34.4 Å². The van der Waals surface area contributed by atoms with E-state index in [-0.39, 0.29) is 44.9 Å². The molecule has 18 heavy (non-hydrogen) atoms. The maximum atomic E-state index is 9.87. The summed E-state index contributed by atoms with van der Waals surface area (Å²) in [6.07, 6.45) is 0. The molecule has 0 saturated heterocycles. The van der Waals surface area contributed by atoms with Crippen molar-refractivity contribution in [2.45, 2.75) is 0 Å². The van der Waals surface area contributed by atoms with Crippen molar-refractivity contribution < 1.29 is 10.2 Å². The van der Waals surface area contributed by atoms with E-state index in [1.165, 1.54) is 0 Å². The lowest BCUT2D eigenvalue weighted by atomic mass is 9.99. The standard InChI is InChI=1S/C10H14N6O2/c11-3-1-2(5(13)7(15)6(3)14)9(17)10(18)8(16)4(1)12/h17-18H,11-16H2. The van der Waals surface area contributed by atoms with Crippen molar-refractivity contribution in [3.63, 3.8) is 0 Å². The van der Waals surface area contributed by atoms with E-state index in [4.69, 9.17) is 34.4 Å². The molecule has 0 aliphatic heterocycles. The first-order valence-electron chi connectivity index (χ1n) is 4.93. The Balaban J connectivity index is 3.22. The number of fused-ring (bicyclic) bond motifs is 1.